The maximum atomic E-state index is 13.1. The van der Waals surface area contributed by atoms with Crippen LogP contribution in [0.5, 0.6) is 0 Å². The highest BCUT2D eigenvalue weighted by molar-refractivity contribution is 7.99. The van der Waals surface area contributed by atoms with Gasteiger partial charge in [-0.1, -0.05) is 11.8 Å². The largest absolute Gasteiger partial charge is 0.324 e. The van der Waals surface area contributed by atoms with E-state index in [0.29, 0.717) is 5.16 Å². The molecular formula is C10H11FN4S. The lowest BCUT2D eigenvalue weighted by atomic mass is 10.1. The first-order valence-corrected chi connectivity index (χ1v) is 5.56. The molecule has 0 aliphatic heterocycles. The zero-order valence-electron chi connectivity index (χ0n) is 8.64. The Morgan fingerprint density at radius 2 is 2.31 bits per heavy atom. The quantitative estimate of drug-likeness (QED) is 0.859. The van der Waals surface area contributed by atoms with Gasteiger partial charge in [0.2, 0.25) is 0 Å². The molecule has 4 nitrogen and oxygen atoms in total. The van der Waals surface area contributed by atoms with E-state index < -0.39 is 0 Å². The summed E-state index contributed by atoms with van der Waals surface area (Å²) in [6, 6.07) is 4.33. The first-order valence-electron chi connectivity index (χ1n) is 4.75. The van der Waals surface area contributed by atoms with Gasteiger partial charge in [-0.3, -0.25) is 5.10 Å². The predicted molar refractivity (Wildman–Crippen MR) is 59.5 cm³/mol. The van der Waals surface area contributed by atoms with Crippen molar-refractivity contribution in [1.82, 2.24) is 15.2 Å². The first-order chi connectivity index (χ1) is 7.66. The highest BCUT2D eigenvalue weighted by Gasteiger charge is 2.10. The zero-order chi connectivity index (χ0) is 11.5. The number of nitrogens with two attached hydrogens (primary N) is 1. The molecule has 6 heteroatoms. The van der Waals surface area contributed by atoms with E-state index in [1.165, 1.54) is 30.2 Å². The monoisotopic (exact) mass is 238 g/mol. The van der Waals surface area contributed by atoms with Crippen molar-refractivity contribution in [2.75, 3.05) is 0 Å². The molecule has 0 saturated carbocycles. The fourth-order valence-electron chi connectivity index (χ4n) is 1.32. The summed E-state index contributed by atoms with van der Waals surface area (Å²) in [4.78, 5) is 4.88. The topological polar surface area (TPSA) is 67.6 Å². The third-order valence-corrected chi connectivity index (χ3v) is 3.04. The van der Waals surface area contributed by atoms with Crippen molar-refractivity contribution in [3.8, 4) is 0 Å². The van der Waals surface area contributed by atoms with Crippen molar-refractivity contribution in [1.29, 1.82) is 0 Å². The Labute approximate surface area is 96.5 Å². The van der Waals surface area contributed by atoms with E-state index in [1.54, 1.807) is 6.07 Å². The highest BCUT2D eigenvalue weighted by atomic mass is 32.2. The Bertz CT molecular complexity index is 470. The molecule has 1 unspecified atom stereocenters. The van der Waals surface area contributed by atoms with Crippen LogP contribution < -0.4 is 5.73 Å². The van der Waals surface area contributed by atoms with Crippen molar-refractivity contribution in [2.45, 2.75) is 23.0 Å². The van der Waals surface area contributed by atoms with E-state index in [0.717, 1.165) is 10.5 Å². The van der Waals surface area contributed by atoms with E-state index >= 15 is 0 Å². The van der Waals surface area contributed by atoms with Gasteiger partial charge in [-0.2, -0.15) is 5.10 Å². The number of H-pyrrole nitrogens is 1. The van der Waals surface area contributed by atoms with Crippen LogP contribution in [0.1, 0.15) is 18.5 Å². The molecule has 1 atom stereocenters. The molecule has 0 aliphatic rings. The van der Waals surface area contributed by atoms with Crippen molar-refractivity contribution in [2.24, 2.45) is 5.73 Å². The van der Waals surface area contributed by atoms with Gasteiger partial charge in [-0.05, 0) is 30.7 Å². The number of halogens is 1. The molecule has 16 heavy (non-hydrogen) atoms. The van der Waals surface area contributed by atoms with Gasteiger partial charge < -0.3 is 5.73 Å². The van der Waals surface area contributed by atoms with Gasteiger partial charge >= 0.3 is 0 Å². The number of aromatic amines is 1. The first kappa shape index (κ1) is 11.1. The van der Waals surface area contributed by atoms with Gasteiger partial charge in [0.25, 0.3) is 0 Å². The Balaban J connectivity index is 2.33. The van der Waals surface area contributed by atoms with Crippen LogP contribution in [0.15, 0.2) is 34.6 Å². The van der Waals surface area contributed by atoms with Crippen LogP contribution >= 0.6 is 11.8 Å². The van der Waals surface area contributed by atoms with Gasteiger partial charge in [-0.15, -0.1) is 0 Å². The molecule has 2 aromatic rings. The summed E-state index contributed by atoms with van der Waals surface area (Å²) in [6.45, 7) is 1.82. The lowest BCUT2D eigenvalue weighted by molar-refractivity contribution is 0.619. The summed E-state index contributed by atoms with van der Waals surface area (Å²) in [5.74, 6) is -0.283. The number of hydrogen-bond acceptors (Lipinski definition) is 4. The standard InChI is InChI=1S/C10H11FN4S/c1-6(12)8-4-7(11)2-3-9(8)16-10-13-5-14-15-10/h2-6H,12H2,1H3,(H,13,14,15). The number of aromatic nitrogens is 3. The third kappa shape index (κ3) is 2.40. The number of nitrogens with zero attached hydrogens (tertiary/aromatic N) is 2. The molecule has 0 radical (unpaired) electrons. The summed E-state index contributed by atoms with van der Waals surface area (Å²) in [6.07, 6.45) is 1.43. The molecule has 1 aromatic carbocycles. The molecule has 0 aliphatic carbocycles. The van der Waals surface area contributed by atoms with Crippen LogP contribution in [0.25, 0.3) is 0 Å². The molecule has 84 valence electrons. The highest BCUT2D eigenvalue weighted by Crippen LogP contribution is 2.30. The van der Waals surface area contributed by atoms with Crippen molar-refractivity contribution in [3.05, 3.63) is 35.9 Å². The number of rotatable bonds is 3. The minimum absolute atomic E-state index is 0.221. The van der Waals surface area contributed by atoms with Crippen molar-refractivity contribution in [3.63, 3.8) is 0 Å². The molecule has 0 spiro atoms. The maximum absolute atomic E-state index is 13.1. The summed E-state index contributed by atoms with van der Waals surface area (Å²) >= 11 is 1.38. The normalized spacial score (nSPS) is 12.7. The second-order valence-corrected chi connectivity index (χ2v) is 4.39. The molecule has 0 saturated heterocycles. The van der Waals surface area contributed by atoms with Crippen molar-refractivity contribution >= 4 is 11.8 Å². The van der Waals surface area contributed by atoms with Gasteiger partial charge in [-0.25, -0.2) is 9.37 Å². The number of hydrogen-bond donors (Lipinski definition) is 2. The Morgan fingerprint density at radius 1 is 1.50 bits per heavy atom. The van der Waals surface area contributed by atoms with Gasteiger partial charge in [0.05, 0.1) is 0 Å². The van der Waals surface area contributed by atoms with E-state index in [4.69, 9.17) is 5.73 Å². The van der Waals surface area contributed by atoms with Crippen LogP contribution in [-0.4, -0.2) is 15.2 Å². The molecular weight excluding hydrogens is 227 g/mol. The molecule has 2 rings (SSSR count). The number of benzene rings is 1. The van der Waals surface area contributed by atoms with E-state index in [9.17, 15) is 4.39 Å². The van der Waals surface area contributed by atoms with Gasteiger partial charge in [0, 0.05) is 10.9 Å². The van der Waals surface area contributed by atoms with E-state index in [1.807, 2.05) is 6.92 Å². The number of nitrogens with one attached hydrogen (secondary N) is 1. The summed E-state index contributed by atoms with van der Waals surface area (Å²) in [7, 11) is 0. The van der Waals surface area contributed by atoms with E-state index in [-0.39, 0.29) is 11.9 Å². The Kier molecular flexibility index (Phi) is 3.21. The second kappa shape index (κ2) is 4.63. The van der Waals surface area contributed by atoms with Crippen LogP contribution in [0.4, 0.5) is 4.39 Å². The second-order valence-electron chi connectivity index (χ2n) is 3.36. The van der Waals surface area contributed by atoms with Gasteiger partial charge in [0.15, 0.2) is 5.16 Å². The minimum Gasteiger partial charge on any atom is -0.324 e. The SMILES string of the molecule is CC(N)c1cc(F)ccc1Sc1ncn[nH]1. The fourth-order valence-corrected chi connectivity index (χ4v) is 2.22. The fraction of sp³-hybridized carbons (Fsp3) is 0.200. The van der Waals surface area contributed by atoms with Crippen molar-refractivity contribution < 1.29 is 4.39 Å². The molecule has 0 amide bonds. The Hall–Kier alpha value is -1.40. The average molecular weight is 238 g/mol. The molecule has 1 aromatic heterocycles. The van der Waals surface area contributed by atoms with Crippen LogP contribution in [0.2, 0.25) is 0 Å². The molecule has 1 heterocycles. The van der Waals surface area contributed by atoms with Gasteiger partial charge in [0.1, 0.15) is 12.1 Å². The summed E-state index contributed by atoms with van der Waals surface area (Å²) in [5.41, 5.74) is 6.55. The smallest absolute Gasteiger partial charge is 0.188 e. The maximum Gasteiger partial charge on any atom is 0.188 e. The van der Waals surface area contributed by atoms with Crippen LogP contribution in [-0.2, 0) is 0 Å². The molecule has 0 bridgehead atoms. The lowest BCUT2D eigenvalue weighted by Crippen LogP contribution is -2.06. The minimum atomic E-state index is -0.283. The zero-order valence-corrected chi connectivity index (χ0v) is 9.46. The van der Waals surface area contributed by atoms with E-state index in [2.05, 4.69) is 15.2 Å². The molecule has 3 N–H and O–H groups in total. The Morgan fingerprint density at radius 3 is 2.94 bits per heavy atom. The lowest BCUT2D eigenvalue weighted by Gasteiger charge is -2.10. The van der Waals surface area contributed by atoms with Crippen LogP contribution in [0, 0.1) is 5.82 Å². The summed E-state index contributed by atoms with van der Waals surface area (Å²) in [5, 5.41) is 7.14. The summed E-state index contributed by atoms with van der Waals surface area (Å²) < 4.78 is 13.1. The third-order valence-electron chi connectivity index (χ3n) is 2.06. The molecule has 0 fully saturated rings. The van der Waals surface area contributed by atoms with Crippen LogP contribution in [0.3, 0.4) is 0 Å². The average Bonchev–Trinajstić information content (AvgIpc) is 2.73. The predicted octanol–water partition coefficient (Wildman–Crippen LogP) is 2.11.